The van der Waals surface area contributed by atoms with Crippen molar-refractivity contribution in [1.82, 2.24) is 20.2 Å². The molecule has 0 radical (unpaired) electrons. The van der Waals surface area contributed by atoms with Gasteiger partial charge in [0.2, 0.25) is 5.91 Å². The number of likely N-dealkylation sites (N-methyl/N-ethyl adjacent to an activating group) is 1. The summed E-state index contributed by atoms with van der Waals surface area (Å²) in [5.41, 5.74) is 0.446. The third-order valence-corrected chi connectivity index (χ3v) is 3.92. The number of carbonyl (C=O) groups is 1. The minimum absolute atomic E-state index is 0.0389. The van der Waals surface area contributed by atoms with Crippen molar-refractivity contribution < 1.29 is 9.53 Å². The number of nitrogens with zero attached hydrogens (tertiary/aromatic N) is 2. The first-order valence-corrected chi connectivity index (χ1v) is 7.77. The Morgan fingerprint density at radius 2 is 2.26 bits per heavy atom. The molecule has 7 nitrogen and oxygen atoms in total. The van der Waals surface area contributed by atoms with E-state index in [0.29, 0.717) is 43.0 Å². The lowest BCUT2D eigenvalue weighted by Crippen LogP contribution is -2.52. The maximum absolute atomic E-state index is 12.5. The molecule has 0 bridgehead atoms. The van der Waals surface area contributed by atoms with Crippen LogP contribution in [0.2, 0.25) is 0 Å². The molecule has 2 aromatic rings. The summed E-state index contributed by atoms with van der Waals surface area (Å²) in [6.45, 7) is 4.37. The second-order valence-electron chi connectivity index (χ2n) is 5.46. The number of hydrogen-bond donors (Lipinski definition) is 2. The predicted molar refractivity (Wildman–Crippen MR) is 86.1 cm³/mol. The fourth-order valence-electron chi connectivity index (χ4n) is 2.68. The fraction of sp³-hybridized carbons (Fsp3) is 0.438. The minimum atomic E-state index is -0.337. The lowest BCUT2D eigenvalue weighted by Gasteiger charge is -2.29. The number of benzene rings is 1. The van der Waals surface area contributed by atoms with Gasteiger partial charge < -0.3 is 19.9 Å². The van der Waals surface area contributed by atoms with Gasteiger partial charge in [0, 0.05) is 13.1 Å². The molecule has 0 unspecified atom stereocenters. The number of morpholine rings is 1. The first kappa shape index (κ1) is 15.6. The lowest BCUT2D eigenvalue weighted by atomic mass is 10.2. The molecule has 0 aliphatic carbocycles. The highest BCUT2D eigenvalue weighted by Crippen LogP contribution is 2.08. The summed E-state index contributed by atoms with van der Waals surface area (Å²) in [6, 6.07) is 6.83. The van der Waals surface area contributed by atoms with E-state index in [1.807, 2.05) is 13.0 Å². The minimum Gasteiger partial charge on any atom is -0.378 e. The van der Waals surface area contributed by atoms with Gasteiger partial charge in [-0.05, 0) is 19.1 Å². The molecule has 0 saturated carbocycles. The molecule has 0 spiro atoms. The standard InChI is InChI=1S/C16H20N4O3/c1-2-20(16(22)13-10-23-8-7-17-13)9-14-18-12-6-4-3-5-11(12)15(21)19-14/h3-6,13,17H,2,7-10H2,1H3,(H,18,19,21)/t13-/m0/s1. The molecule has 2 heterocycles. The smallest absolute Gasteiger partial charge is 0.258 e. The number of amides is 1. The number of rotatable bonds is 4. The molecule has 7 heteroatoms. The van der Waals surface area contributed by atoms with Gasteiger partial charge in [-0.15, -0.1) is 0 Å². The number of ether oxygens (including phenoxy) is 1. The second kappa shape index (κ2) is 6.89. The molecule has 23 heavy (non-hydrogen) atoms. The summed E-state index contributed by atoms with van der Waals surface area (Å²) in [5.74, 6) is 0.448. The van der Waals surface area contributed by atoms with Crippen LogP contribution in [0, 0.1) is 0 Å². The van der Waals surface area contributed by atoms with E-state index in [9.17, 15) is 9.59 Å². The van der Waals surface area contributed by atoms with Crippen LogP contribution >= 0.6 is 0 Å². The molecule has 1 aliphatic heterocycles. The number of para-hydroxylation sites is 1. The van der Waals surface area contributed by atoms with Crippen molar-refractivity contribution in [2.45, 2.75) is 19.5 Å². The van der Waals surface area contributed by atoms with E-state index >= 15 is 0 Å². The summed E-state index contributed by atoms with van der Waals surface area (Å²) in [4.78, 5) is 33.5. The van der Waals surface area contributed by atoms with Crippen LogP contribution in [0.15, 0.2) is 29.1 Å². The topological polar surface area (TPSA) is 87.3 Å². The SMILES string of the molecule is CCN(Cc1nc2ccccc2c(=O)[nH]1)C(=O)[C@@H]1COCCN1. The van der Waals surface area contributed by atoms with Crippen LogP contribution in [-0.4, -0.2) is 53.1 Å². The average Bonchev–Trinajstić information content (AvgIpc) is 2.60. The average molecular weight is 316 g/mol. The van der Waals surface area contributed by atoms with Crippen molar-refractivity contribution in [2.24, 2.45) is 0 Å². The zero-order valence-corrected chi connectivity index (χ0v) is 13.0. The highest BCUT2D eigenvalue weighted by Gasteiger charge is 2.26. The molecule has 1 aromatic carbocycles. The van der Waals surface area contributed by atoms with Crippen LogP contribution in [-0.2, 0) is 16.1 Å². The number of nitrogens with one attached hydrogen (secondary N) is 2. The third kappa shape index (κ3) is 3.40. The second-order valence-corrected chi connectivity index (χ2v) is 5.46. The Morgan fingerprint density at radius 3 is 3.00 bits per heavy atom. The van der Waals surface area contributed by atoms with E-state index < -0.39 is 0 Å². The van der Waals surface area contributed by atoms with Crippen molar-refractivity contribution >= 4 is 16.8 Å². The zero-order chi connectivity index (χ0) is 16.2. The van der Waals surface area contributed by atoms with Gasteiger partial charge in [-0.3, -0.25) is 9.59 Å². The molecule has 2 N–H and O–H groups in total. The number of fused-ring (bicyclic) bond motifs is 1. The Morgan fingerprint density at radius 1 is 1.43 bits per heavy atom. The van der Waals surface area contributed by atoms with Gasteiger partial charge in [-0.2, -0.15) is 0 Å². The number of carbonyl (C=O) groups excluding carboxylic acids is 1. The Bertz CT molecular complexity index is 752. The zero-order valence-electron chi connectivity index (χ0n) is 13.0. The van der Waals surface area contributed by atoms with Gasteiger partial charge >= 0.3 is 0 Å². The van der Waals surface area contributed by atoms with Crippen LogP contribution in [0.25, 0.3) is 10.9 Å². The summed E-state index contributed by atoms with van der Waals surface area (Å²) in [7, 11) is 0. The lowest BCUT2D eigenvalue weighted by molar-refractivity contribution is -0.136. The van der Waals surface area contributed by atoms with Crippen LogP contribution < -0.4 is 10.9 Å². The van der Waals surface area contributed by atoms with Crippen molar-refractivity contribution in [3.8, 4) is 0 Å². The largest absolute Gasteiger partial charge is 0.378 e. The molecular formula is C16H20N4O3. The first-order valence-electron chi connectivity index (χ1n) is 7.77. The molecule has 1 fully saturated rings. The predicted octanol–water partition coefficient (Wildman–Crippen LogP) is 0.260. The van der Waals surface area contributed by atoms with Gasteiger partial charge in [0.15, 0.2) is 0 Å². The van der Waals surface area contributed by atoms with Gasteiger partial charge in [-0.25, -0.2) is 4.98 Å². The summed E-state index contributed by atoms with van der Waals surface area (Å²) < 4.78 is 5.34. The fourth-order valence-corrected chi connectivity index (χ4v) is 2.68. The number of H-pyrrole nitrogens is 1. The van der Waals surface area contributed by atoms with Gasteiger partial charge in [0.1, 0.15) is 11.9 Å². The highest BCUT2D eigenvalue weighted by molar-refractivity contribution is 5.82. The normalized spacial score (nSPS) is 18.0. The van der Waals surface area contributed by atoms with E-state index in [1.54, 1.807) is 23.1 Å². The molecule has 3 rings (SSSR count). The van der Waals surface area contributed by atoms with E-state index in [0.717, 1.165) is 0 Å². The Balaban J connectivity index is 1.81. The number of aromatic amines is 1. The molecule has 1 atom stereocenters. The van der Waals surface area contributed by atoms with E-state index in [-0.39, 0.29) is 24.1 Å². The number of hydrogen-bond acceptors (Lipinski definition) is 5. The molecule has 1 amide bonds. The first-order chi connectivity index (χ1) is 11.2. The molecular weight excluding hydrogens is 296 g/mol. The van der Waals surface area contributed by atoms with Crippen molar-refractivity contribution in [1.29, 1.82) is 0 Å². The van der Waals surface area contributed by atoms with E-state index in [2.05, 4.69) is 15.3 Å². The highest BCUT2D eigenvalue weighted by atomic mass is 16.5. The molecule has 1 saturated heterocycles. The maximum atomic E-state index is 12.5. The number of aromatic nitrogens is 2. The molecule has 1 aliphatic rings. The van der Waals surface area contributed by atoms with Crippen LogP contribution in [0.5, 0.6) is 0 Å². The van der Waals surface area contributed by atoms with Gasteiger partial charge in [-0.1, -0.05) is 12.1 Å². The summed E-state index contributed by atoms with van der Waals surface area (Å²) in [5, 5.41) is 3.70. The summed E-state index contributed by atoms with van der Waals surface area (Å²) >= 11 is 0. The maximum Gasteiger partial charge on any atom is 0.258 e. The quantitative estimate of drug-likeness (QED) is 0.845. The Kier molecular flexibility index (Phi) is 4.68. The monoisotopic (exact) mass is 316 g/mol. The van der Waals surface area contributed by atoms with Crippen LogP contribution in [0.4, 0.5) is 0 Å². The van der Waals surface area contributed by atoms with Gasteiger partial charge in [0.05, 0.1) is 30.7 Å². The van der Waals surface area contributed by atoms with Gasteiger partial charge in [0.25, 0.3) is 5.56 Å². The third-order valence-electron chi connectivity index (χ3n) is 3.92. The van der Waals surface area contributed by atoms with Crippen molar-refractivity contribution in [3.05, 3.63) is 40.4 Å². The molecule has 1 aromatic heterocycles. The Hall–Kier alpha value is -2.25. The summed E-state index contributed by atoms with van der Waals surface area (Å²) in [6.07, 6.45) is 0. The van der Waals surface area contributed by atoms with Crippen molar-refractivity contribution in [2.75, 3.05) is 26.3 Å². The Labute approximate surface area is 133 Å². The van der Waals surface area contributed by atoms with Crippen LogP contribution in [0.3, 0.4) is 0 Å². The molecule has 122 valence electrons. The van der Waals surface area contributed by atoms with Crippen molar-refractivity contribution in [3.63, 3.8) is 0 Å². The van der Waals surface area contributed by atoms with Crippen LogP contribution in [0.1, 0.15) is 12.7 Å². The van der Waals surface area contributed by atoms with E-state index in [1.165, 1.54) is 0 Å². The van der Waals surface area contributed by atoms with E-state index in [4.69, 9.17) is 4.74 Å².